The van der Waals surface area contributed by atoms with Crippen LogP contribution in [0.1, 0.15) is 45.1 Å². The molecule has 2 aromatic carbocycles. The minimum absolute atomic E-state index is 0.0982. The number of hydrogen-bond acceptors (Lipinski definition) is 6. The molecule has 1 unspecified atom stereocenters. The number of thioether (sulfide) groups is 1. The van der Waals surface area contributed by atoms with Gasteiger partial charge in [-0.25, -0.2) is 9.50 Å². The summed E-state index contributed by atoms with van der Waals surface area (Å²) < 4.78 is 6.87. The van der Waals surface area contributed by atoms with E-state index in [9.17, 15) is 4.79 Å². The van der Waals surface area contributed by atoms with Gasteiger partial charge < -0.3 is 4.74 Å². The van der Waals surface area contributed by atoms with Crippen molar-refractivity contribution in [1.82, 2.24) is 19.6 Å². The Balaban J connectivity index is 1.39. The summed E-state index contributed by atoms with van der Waals surface area (Å²) in [6.07, 6.45) is 2.97. The number of methoxy groups -OCH3 is 1. The van der Waals surface area contributed by atoms with Crippen molar-refractivity contribution in [2.75, 3.05) is 7.11 Å². The normalized spacial score (nSPS) is 15.8. The summed E-state index contributed by atoms with van der Waals surface area (Å²) in [6.45, 7) is 2.10. The maximum absolute atomic E-state index is 12.9. The third kappa shape index (κ3) is 3.93. The minimum atomic E-state index is 0.0982. The Labute approximate surface area is 184 Å². The van der Waals surface area contributed by atoms with Crippen molar-refractivity contribution in [2.45, 2.75) is 36.6 Å². The summed E-state index contributed by atoms with van der Waals surface area (Å²) in [7, 11) is 1.65. The lowest BCUT2D eigenvalue weighted by Crippen LogP contribution is -2.21. The maximum atomic E-state index is 12.9. The van der Waals surface area contributed by atoms with E-state index in [1.54, 1.807) is 29.6 Å². The first-order chi connectivity index (χ1) is 15.1. The van der Waals surface area contributed by atoms with Gasteiger partial charge in [0.2, 0.25) is 5.16 Å². The van der Waals surface area contributed by atoms with E-state index < -0.39 is 0 Å². The molecule has 2 aromatic heterocycles. The topological polar surface area (TPSA) is 69.4 Å². The molecule has 6 nitrogen and oxygen atoms in total. The fourth-order valence-corrected chi connectivity index (χ4v) is 4.85. The third-order valence-electron chi connectivity index (χ3n) is 5.77. The van der Waals surface area contributed by atoms with Crippen LogP contribution in [-0.4, -0.2) is 32.5 Å². The molecular weight excluding hydrogens is 408 g/mol. The van der Waals surface area contributed by atoms with E-state index in [0.29, 0.717) is 29.3 Å². The number of carbonyl (C=O) groups excluding carboxylic acids is 1. The van der Waals surface area contributed by atoms with Crippen LogP contribution >= 0.6 is 11.8 Å². The van der Waals surface area contributed by atoms with Gasteiger partial charge in [-0.1, -0.05) is 48.2 Å². The van der Waals surface area contributed by atoms with Gasteiger partial charge in [-0.3, -0.25) is 4.79 Å². The zero-order chi connectivity index (χ0) is 21.4. The number of nitrogens with zero attached hydrogens (tertiary/aromatic N) is 4. The largest absolute Gasteiger partial charge is 0.497 e. The lowest BCUT2D eigenvalue weighted by Gasteiger charge is -2.23. The molecule has 1 aliphatic rings. The van der Waals surface area contributed by atoms with Crippen molar-refractivity contribution < 1.29 is 9.53 Å². The molecule has 31 heavy (non-hydrogen) atoms. The Kier molecular flexibility index (Phi) is 5.19. The molecule has 0 radical (unpaired) electrons. The predicted molar refractivity (Wildman–Crippen MR) is 120 cm³/mol. The predicted octanol–water partition coefficient (Wildman–Crippen LogP) is 4.65. The molecule has 0 fully saturated rings. The van der Waals surface area contributed by atoms with Crippen LogP contribution in [0.15, 0.2) is 59.9 Å². The Bertz CT molecular complexity index is 1270. The van der Waals surface area contributed by atoms with Crippen molar-refractivity contribution in [3.63, 3.8) is 0 Å². The highest BCUT2D eigenvalue weighted by atomic mass is 32.2. The highest BCUT2D eigenvalue weighted by Crippen LogP contribution is 2.33. The van der Waals surface area contributed by atoms with Crippen LogP contribution in [0, 0.1) is 6.92 Å². The van der Waals surface area contributed by atoms with Crippen molar-refractivity contribution >= 4 is 23.3 Å². The van der Waals surface area contributed by atoms with Crippen LogP contribution in [-0.2, 0) is 12.2 Å². The number of hydrogen-bond donors (Lipinski definition) is 0. The van der Waals surface area contributed by atoms with Gasteiger partial charge in [0.15, 0.2) is 5.78 Å². The smallest absolute Gasteiger partial charge is 0.253 e. The van der Waals surface area contributed by atoms with Crippen molar-refractivity contribution in [3.8, 4) is 5.75 Å². The Morgan fingerprint density at radius 3 is 2.68 bits per heavy atom. The average Bonchev–Trinajstić information content (AvgIpc) is 3.19. The fraction of sp³-hybridized carbons (Fsp3) is 0.250. The van der Waals surface area contributed by atoms with Crippen molar-refractivity contribution in [3.05, 3.63) is 82.7 Å². The van der Waals surface area contributed by atoms with E-state index in [1.165, 1.54) is 11.1 Å². The van der Waals surface area contributed by atoms with Gasteiger partial charge in [0.25, 0.3) is 5.78 Å². The number of Topliss-reactive ketones (excluding diaryl/α,β-unsaturated/α-hetero) is 1. The second kappa shape index (κ2) is 8.15. The van der Waals surface area contributed by atoms with Crippen molar-refractivity contribution in [1.29, 1.82) is 0 Å². The summed E-state index contributed by atoms with van der Waals surface area (Å²) in [5.74, 6) is 2.35. The Morgan fingerprint density at radius 2 is 1.90 bits per heavy atom. The van der Waals surface area contributed by atoms with E-state index in [2.05, 4.69) is 29.1 Å². The molecule has 1 atom stereocenters. The molecule has 156 valence electrons. The van der Waals surface area contributed by atoms with E-state index in [1.807, 2.05) is 36.4 Å². The monoisotopic (exact) mass is 430 g/mol. The number of fused-ring (bicyclic) bond motifs is 2. The highest BCUT2D eigenvalue weighted by molar-refractivity contribution is 7.98. The van der Waals surface area contributed by atoms with E-state index >= 15 is 0 Å². The van der Waals surface area contributed by atoms with E-state index in [0.717, 1.165) is 22.8 Å². The molecule has 0 amide bonds. The molecule has 0 aliphatic heterocycles. The fourth-order valence-electron chi connectivity index (χ4n) is 3.95. The first kappa shape index (κ1) is 19.8. The van der Waals surface area contributed by atoms with Crippen molar-refractivity contribution in [2.24, 2.45) is 0 Å². The molecule has 2 heterocycles. The standard InChI is InChI=1S/C24H22N4O2S/c1-15-5-3-4-6-17(15)14-31-24-26-23-25-21-11-18(16-7-9-19(30-2)10-8-16)12-22(29)20(21)13-28(23)27-24/h3-10,13,18H,11-12,14H2,1-2H3. The van der Waals surface area contributed by atoms with Crippen LogP contribution in [0.25, 0.3) is 5.78 Å². The number of carbonyl (C=O) groups is 1. The first-order valence-electron chi connectivity index (χ1n) is 10.2. The lowest BCUT2D eigenvalue weighted by atomic mass is 9.82. The molecule has 0 spiro atoms. The molecule has 1 aliphatic carbocycles. The van der Waals surface area contributed by atoms with E-state index in [-0.39, 0.29) is 11.7 Å². The molecule has 0 N–H and O–H groups in total. The van der Waals surface area contributed by atoms with Gasteiger partial charge in [0, 0.05) is 18.4 Å². The zero-order valence-electron chi connectivity index (χ0n) is 17.4. The number of ether oxygens (including phenoxy) is 1. The molecular formula is C24H22N4O2S. The van der Waals surface area contributed by atoms with Crippen LogP contribution in [0.4, 0.5) is 0 Å². The Morgan fingerprint density at radius 1 is 1.10 bits per heavy atom. The molecule has 4 aromatic rings. The summed E-state index contributed by atoms with van der Waals surface area (Å²) in [6, 6.07) is 16.2. The number of ketones is 1. The minimum Gasteiger partial charge on any atom is -0.497 e. The summed E-state index contributed by atoms with van der Waals surface area (Å²) >= 11 is 1.58. The lowest BCUT2D eigenvalue weighted by molar-refractivity contribution is 0.0962. The highest BCUT2D eigenvalue weighted by Gasteiger charge is 2.28. The van der Waals surface area contributed by atoms with Crippen LogP contribution < -0.4 is 4.74 Å². The molecule has 0 saturated carbocycles. The summed E-state index contributed by atoms with van der Waals surface area (Å²) in [4.78, 5) is 22.1. The second-order valence-electron chi connectivity index (χ2n) is 7.76. The second-order valence-corrected chi connectivity index (χ2v) is 8.70. The molecule has 5 rings (SSSR count). The number of rotatable bonds is 5. The van der Waals surface area contributed by atoms with Gasteiger partial charge >= 0.3 is 0 Å². The molecule has 0 saturated heterocycles. The maximum Gasteiger partial charge on any atom is 0.253 e. The van der Waals surface area contributed by atoms with Gasteiger partial charge in [-0.2, -0.15) is 4.98 Å². The summed E-state index contributed by atoms with van der Waals surface area (Å²) in [5, 5.41) is 5.20. The third-order valence-corrected chi connectivity index (χ3v) is 6.65. The molecule has 7 heteroatoms. The Hall–Kier alpha value is -3.19. The number of benzene rings is 2. The summed E-state index contributed by atoms with van der Waals surface area (Å²) in [5.41, 5.74) is 5.08. The average molecular weight is 431 g/mol. The zero-order valence-corrected chi connectivity index (χ0v) is 18.2. The van der Waals surface area contributed by atoms with E-state index in [4.69, 9.17) is 9.72 Å². The van der Waals surface area contributed by atoms with Gasteiger partial charge in [-0.05, 0) is 48.1 Å². The van der Waals surface area contributed by atoms with Crippen LogP contribution in [0.3, 0.4) is 0 Å². The number of aryl methyl sites for hydroxylation is 1. The first-order valence-corrected chi connectivity index (χ1v) is 11.2. The van der Waals surface area contributed by atoms with Crippen LogP contribution in [0.2, 0.25) is 0 Å². The van der Waals surface area contributed by atoms with Crippen LogP contribution in [0.5, 0.6) is 5.75 Å². The quantitative estimate of drug-likeness (QED) is 0.430. The SMILES string of the molecule is COc1ccc(C2CC(=O)c3cn4nc(SCc5ccccc5C)nc4nc3C2)cc1. The van der Waals surface area contributed by atoms with Gasteiger partial charge in [0.1, 0.15) is 5.75 Å². The van der Waals surface area contributed by atoms with Gasteiger partial charge in [0.05, 0.1) is 18.4 Å². The molecule has 0 bridgehead atoms. The number of aromatic nitrogens is 4. The van der Waals surface area contributed by atoms with Gasteiger partial charge in [-0.15, -0.1) is 5.10 Å².